The van der Waals surface area contributed by atoms with Crippen LogP contribution in [0.4, 0.5) is 0 Å². The van der Waals surface area contributed by atoms with Gasteiger partial charge in [0.25, 0.3) is 0 Å². The lowest BCUT2D eigenvalue weighted by molar-refractivity contribution is -0.142. The number of ether oxygens (including phenoxy) is 1. The van der Waals surface area contributed by atoms with Crippen LogP contribution in [0.15, 0.2) is 30.4 Å². The van der Waals surface area contributed by atoms with Crippen molar-refractivity contribution < 1.29 is 14.3 Å². The Morgan fingerprint density at radius 3 is 2.32 bits per heavy atom. The highest BCUT2D eigenvalue weighted by atomic mass is 16.5. The molecule has 28 heavy (non-hydrogen) atoms. The summed E-state index contributed by atoms with van der Waals surface area (Å²) in [6.45, 7) is 5.88. The average Bonchev–Trinajstić information content (AvgIpc) is 3.28. The molecule has 6 heteroatoms. The minimum absolute atomic E-state index is 0.0298. The Bertz CT molecular complexity index is 787. The minimum Gasteiger partial charge on any atom is -0.493 e. The van der Waals surface area contributed by atoms with Crippen LogP contribution in [0.2, 0.25) is 0 Å². The number of piperazine rings is 1. The van der Waals surface area contributed by atoms with Crippen molar-refractivity contribution in [3.8, 4) is 5.75 Å². The maximum absolute atomic E-state index is 12.6. The summed E-state index contributed by atoms with van der Waals surface area (Å²) in [7, 11) is 0. The molecule has 0 spiro atoms. The molecule has 4 aliphatic rings. The number of hydrogen-bond donors (Lipinski definition) is 0. The number of allylic oxidation sites excluding steroid dienone is 2. The van der Waals surface area contributed by atoms with Gasteiger partial charge in [0.05, 0.1) is 25.1 Å². The first-order valence-corrected chi connectivity index (χ1v) is 10.4. The molecule has 2 saturated heterocycles. The van der Waals surface area contributed by atoms with E-state index in [1.165, 1.54) is 16.0 Å². The Labute approximate surface area is 165 Å². The molecule has 0 saturated carbocycles. The third-order valence-corrected chi connectivity index (χ3v) is 6.57. The number of imide groups is 1. The van der Waals surface area contributed by atoms with Crippen molar-refractivity contribution in [1.29, 1.82) is 0 Å². The van der Waals surface area contributed by atoms with Gasteiger partial charge in [-0.1, -0.05) is 24.3 Å². The smallest absolute Gasteiger partial charge is 0.234 e. The van der Waals surface area contributed by atoms with Gasteiger partial charge in [0, 0.05) is 39.1 Å². The summed E-state index contributed by atoms with van der Waals surface area (Å²) in [6, 6.07) is 6.52. The zero-order chi connectivity index (χ0) is 19.1. The molecule has 6 nitrogen and oxygen atoms in total. The fourth-order valence-corrected chi connectivity index (χ4v) is 4.89. The molecular weight excluding hydrogens is 354 g/mol. The van der Waals surface area contributed by atoms with Gasteiger partial charge < -0.3 is 4.74 Å². The molecule has 148 valence electrons. The summed E-state index contributed by atoms with van der Waals surface area (Å²) in [5.74, 6) is 0.846. The third kappa shape index (κ3) is 3.25. The molecule has 2 amide bonds. The number of fused-ring (bicyclic) bond motifs is 2. The van der Waals surface area contributed by atoms with Gasteiger partial charge in [0.2, 0.25) is 11.8 Å². The molecule has 0 bridgehead atoms. The van der Waals surface area contributed by atoms with Crippen LogP contribution in [-0.4, -0.2) is 66.0 Å². The molecule has 0 radical (unpaired) electrons. The van der Waals surface area contributed by atoms with E-state index in [4.69, 9.17) is 4.74 Å². The minimum atomic E-state index is -0.123. The molecule has 5 rings (SSSR count). The summed E-state index contributed by atoms with van der Waals surface area (Å²) in [6.07, 6.45) is 6.52. The summed E-state index contributed by atoms with van der Waals surface area (Å²) >= 11 is 0. The zero-order valence-corrected chi connectivity index (χ0v) is 16.2. The van der Waals surface area contributed by atoms with Gasteiger partial charge in [-0.25, -0.2) is 0 Å². The van der Waals surface area contributed by atoms with Crippen LogP contribution in [-0.2, 0) is 22.6 Å². The quantitative estimate of drug-likeness (QED) is 0.586. The van der Waals surface area contributed by atoms with Crippen LogP contribution in [0.25, 0.3) is 0 Å². The second-order valence-corrected chi connectivity index (χ2v) is 8.34. The van der Waals surface area contributed by atoms with Crippen molar-refractivity contribution in [2.24, 2.45) is 11.8 Å². The fourth-order valence-electron chi connectivity index (χ4n) is 4.89. The standard InChI is InChI=1S/C22H27N3O3/c26-21-18-3-1-2-4-19(18)22(27)25(21)15-24-10-8-23(9-11-24)14-16-5-6-20-17(13-16)7-12-28-20/h1-2,5-6,13,18-19H,3-4,7-12,14-15H2/t18-,19-/m1/s1. The first-order valence-electron chi connectivity index (χ1n) is 10.4. The number of nitrogens with zero attached hydrogens (tertiary/aromatic N) is 3. The molecule has 1 aromatic rings. The average molecular weight is 381 g/mol. The van der Waals surface area contributed by atoms with E-state index in [0.717, 1.165) is 51.5 Å². The van der Waals surface area contributed by atoms with E-state index in [1.54, 1.807) is 0 Å². The Morgan fingerprint density at radius 2 is 1.61 bits per heavy atom. The van der Waals surface area contributed by atoms with Crippen molar-refractivity contribution in [2.45, 2.75) is 25.8 Å². The second-order valence-electron chi connectivity index (χ2n) is 8.34. The third-order valence-electron chi connectivity index (χ3n) is 6.57. The van der Waals surface area contributed by atoms with Gasteiger partial charge in [0.1, 0.15) is 5.75 Å². The van der Waals surface area contributed by atoms with Crippen molar-refractivity contribution in [2.75, 3.05) is 39.5 Å². The van der Waals surface area contributed by atoms with Crippen LogP contribution in [0, 0.1) is 11.8 Å². The monoisotopic (exact) mass is 381 g/mol. The molecule has 1 aliphatic carbocycles. The number of rotatable bonds is 4. The SMILES string of the molecule is O=C1[C@@H]2CC=CC[C@H]2C(=O)N1CN1CCN(Cc2ccc3c(c2)CCO3)CC1. The number of carbonyl (C=O) groups is 2. The highest BCUT2D eigenvalue weighted by molar-refractivity contribution is 6.05. The predicted octanol–water partition coefficient (Wildman–Crippen LogP) is 1.65. The van der Waals surface area contributed by atoms with Crippen molar-refractivity contribution in [3.05, 3.63) is 41.5 Å². The fraction of sp³-hybridized carbons (Fsp3) is 0.545. The maximum Gasteiger partial charge on any atom is 0.234 e. The van der Waals surface area contributed by atoms with Crippen LogP contribution < -0.4 is 4.74 Å². The topological polar surface area (TPSA) is 53.1 Å². The first kappa shape index (κ1) is 17.9. The number of hydrogen-bond acceptors (Lipinski definition) is 5. The number of amides is 2. The molecule has 3 aliphatic heterocycles. The molecule has 1 aromatic carbocycles. The molecule has 2 atom stereocenters. The summed E-state index contributed by atoms with van der Waals surface area (Å²) in [4.78, 5) is 31.5. The number of carbonyl (C=O) groups excluding carboxylic acids is 2. The molecule has 0 N–H and O–H groups in total. The largest absolute Gasteiger partial charge is 0.493 e. The molecule has 0 aromatic heterocycles. The Morgan fingerprint density at radius 1 is 0.929 bits per heavy atom. The van der Waals surface area contributed by atoms with E-state index in [2.05, 4.69) is 28.0 Å². The van der Waals surface area contributed by atoms with Crippen LogP contribution in [0.3, 0.4) is 0 Å². The highest BCUT2D eigenvalue weighted by Gasteiger charge is 2.47. The lowest BCUT2D eigenvalue weighted by atomic mass is 9.85. The van der Waals surface area contributed by atoms with Gasteiger partial charge in [-0.15, -0.1) is 0 Å². The molecule has 0 unspecified atom stereocenters. The van der Waals surface area contributed by atoms with E-state index in [0.29, 0.717) is 19.5 Å². The Hall–Kier alpha value is -2.18. The normalized spacial score (nSPS) is 27.8. The van der Waals surface area contributed by atoms with E-state index < -0.39 is 0 Å². The van der Waals surface area contributed by atoms with E-state index in [-0.39, 0.29) is 23.7 Å². The van der Waals surface area contributed by atoms with Crippen molar-refractivity contribution in [3.63, 3.8) is 0 Å². The lowest BCUT2D eigenvalue weighted by Crippen LogP contribution is -2.51. The van der Waals surface area contributed by atoms with Crippen LogP contribution in [0.5, 0.6) is 5.75 Å². The van der Waals surface area contributed by atoms with Crippen LogP contribution >= 0.6 is 0 Å². The van der Waals surface area contributed by atoms with Gasteiger partial charge in [-0.05, 0) is 30.0 Å². The van der Waals surface area contributed by atoms with E-state index in [1.807, 2.05) is 12.2 Å². The molecule has 2 fully saturated rings. The molecule has 3 heterocycles. The highest BCUT2D eigenvalue weighted by Crippen LogP contribution is 2.35. The lowest BCUT2D eigenvalue weighted by Gasteiger charge is -2.36. The van der Waals surface area contributed by atoms with E-state index in [9.17, 15) is 9.59 Å². The summed E-state index contributed by atoms with van der Waals surface area (Å²) in [5.41, 5.74) is 2.65. The summed E-state index contributed by atoms with van der Waals surface area (Å²) in [5, 5.41) is 0. The summed E-state index contributed by atoms with van der Waals surface area (Å²) < 4.78 is 5.59. The van der Waals surface area contributed by atoms with Gasteiger partial charge in [-0.3, -0.25) is 24.3 Å². The van der Waals surface area contributed by atoms with Gasteiger partial charge in [0.15, 0.2) is 0 Å². The first-order chi connectivity index (χ1) is 13.7. The molecular formula is C22H27N3O3. The predicted molar refractivity (Wildman–Crippen MR) is 105 cm³/mol. The Kier molecular flexibility index (Phi) is 4.69. The Balaban J connectivity index is 1.14. The van der Waals surface area contributed by atoms with Crippen molar-refractivity contribution >= 4 is 11.8 Å². The number of likely N-dealkylation sites (tertiary alicyclic amines) is 1. The van der Waals surface area contributed by atoms with Gasteiger partial charge >= 0.3 is 0 Å². The van der Waals surface area contributed by atoms with Gasteiger partial charge in [-0.2, -0.15) is 0 Å². The second kappa shape index (κ2) is 7.33. The number of benzene rings is 1. The zero-order valence-electron chi connectivity index (χ0n) is 16.2. The van der Waals surface area contributed by atoms with E-state index >= 15 is 0 Å². The van der Waals surface area contributed by atoms with Crippen LogP contribution in [0.1, 0.15) is 24.0 Å². The van der Waals surface area contributed by atoms with Crippen molar-refractivity contribution in [1.82, 2.24) is 14.7 Å². The maximum atomic E-state index is 12.6.